The van der Waals surface area contributed by atoms with Crippen LogP contribution in [0.15, 0.2) is 24.3 Å². The number of methoxy groups -OCH3 is 1. The number of ether oxygens (including phenoxy) is 1. The third-order valence-corrected chi connectivity index (χ3v) is 7.23. The molecule has 0 radical (unpaired) electrons. The predicted octanol–water partition coefficient (Wildman–Crippen LogP) is 6.06. The molecule has 1 aromatic heterocycles. The Morgan fingerprint density at radius 2 is 1.83 bits per heavy atom. The lowest BCUT2D eigenvalue weighted by molar-refractivity contribution is -0.143. The molecule has 0 atom stereocenters. The molecule has 188 valence electrons. The lowest BCUT2D eigenvalue weighted by Gasteiger charge is -2.25. The van der Waals surface area contributed by atoms with Crippen molar-refractivity contribution in [1.82, 2.24) is 9.55 Å². The number of imidazole rings is 1. The summed E-state index contributed by atoms with van der Waals surface area (Å²) in [4.78, 5) is 29.1. The topological polar surface area (TPSA) is 81.4 Å². The molecular formula is C27H32Cl2N2O4. The van der Waals surface area contributed by atoms with E-state index in [1.54, 1.807) is 11.7 Å². The summed E-state index contributed by atoms with van der Waals surface area (Å²) >= 11 is 12.5. The number of aryl methyl sites for hydroxylation is 1. The van der Waals surface area contributed by atoms with Crippen LogP contribution in [-0.4, -0.2) is 39.1 Å². The van der Waals surface area contributed by atoms with E-state index in [1.807, 2.05) is 38.1 Å². The number of hydrogen-bond acceptors (Lipinski definition) is 4. The number of carboxylic acids is 1. The van der Waals surface area contributed by atoms with E-state index in [9.17, 15) is 14.7 Å². The van der Waals surface area contributed by atoms with E-state index in [2.05, 4.69) is 16.8 Å². The van der Waals surface area contributed by atoms with Gasteiger partial charge in [0.25, 0.3) is 0 Å². The molecule has 6 nitrogen and oxygen atoms in total. The van der Waals surface area contributed by atoms with Crippen molar-refractivity contribution in [2.45, 2.75) is 70.9 Å². The summed E-state index contributed by atoms with van der Waals surface area (Å²) in [6.45, 7) is 4.16. The molecule has 0 aliphatic heterocycles. The highest BCUT2D eigenvalue weighted by Gasteiger charge is 2.28. The zero-order valence-electron chi connectivity index (χ0n) is 20.4. The molecular weight excluding hydrogens is 487 g/mol. The van der Waals surface area contributed by atoms with Gasteiger partial charge in [-0.3, -0.25) is 9.59 Å². The molecule has 1 aliphatic rings. The maximum atomic E-state index is 13.4. The lowest BCUT2D eigenvalue weighted by Crippen LogP contribution is -2.22. The maximum absolute atomic E-state index is 13.4. The number of aromatic nitrogens is 2. The number of carbonyl (C=O) groups excluding carboxylic acids is 1. The van der Waals surface area contributed by atoms with Gasteiger partial charge in [-0.1, -0.05) is 29.7 Å². The molecule has 0 unspecified atom stereocenters. The maximum Gasteiger partial charge on any atom is 0.306 e. The molecule has 1 heterocycles. The Hall–Kier alpha value is -2.33. The van der Waals surface area contributed by atoms with Crippen LogP contribution in [0.2, 0.25) is 10.3 Å². The number of halogens is 2. The van der Waals surface area contributed by atoms with Gasteiger partial charge in [-0.05, 0) is 93.5 Å². The van der Waals surface area contributed by atoms with Crippen LogP contribution in [0.4, 0.5) is 0 Å². The van der Waals surface area contributed by atoms with E-state index < -0.39 is 11.6 Å². The number of carbonyl (C=O) groups is 2. The van der Waals surface area contributed by atoms with E-state index in [0.29, 0.717) is 61.0 Å². The first-order chi connectivity index (χ1) is 16.6. The Balaban J connectivity index is 1.79. The third-order valence-electron chi connectivity index (χ3n) is 6.69. The number of hydrogen-bond donors (Lipinski definition) is 1. The molecule has 0 bridgehead atoms. The molecule has 1 N–H and O–H groups in total. The highest BCUT2D eigenvalue weighted by atomic mass is 35.5. The summed E-state index contributed by atoms with van der Waals surface area (Å²) in [5, 5.41) is 10.1. The number of Topliss-reactive ketones (excluding diaryl/α,β-unsaturated/α-hetero) is 1. The van der Waals surface area contributed by atoms with Crippen LogP contribution in [0.1, 0.15) is 74.1 Å². The summed E-state index contributed by atoms with van der Waals surface area (Å²) in [5.41, 5.74) is 1.15. The second kappa shape index (κ2) is 12.1. The molecule has 1 aliphatic carbocycles. The Bertz CT molecular complexity index is 1100. The molecule has 1 fully saturated rings. The molecule has 0 spiro atoms. The van der Waals surface area contributed by atoms with E-state index in [0.717, 1.165) is 18.4 Å². The predicted molar refractivity (Wildman–Crippen MR) is 137 cm³/mol. The van der Waals surface area contributed by atoms with Crippen LogP contribution < -0.4 is 0 Å². The molecule has 2 aromatic rings. The van der Waals surface area contributed by atoms with Crippen LogP contribution in [0.3, 0.4) is 0 Å². The zero-order valence-corrected chi connectivity index (χ0v) is 22.0. The van der Waals surface area contributed by atoms with Crippen LogP contribution in [0, 0.1) is 23.7 Å². The van der Waals surface area contributed by atoms with Gasteiger partial charge in [-0.15, -0.1) is 0 Å². The molecule has 8 heteroatoms. The fourth-order valence-electron chi connectivity index (χ4n) is 4.30. The number of ketones is 1. The normalized spacial score (nSPS) is 18.1. The Morgan fingerprint density at radius 3 is 2.43 bits per heavy atom. The number of carboxylic acid groups (broad SMARTS) is 1. The fourth-order valence-corrected chi connectivity index (χ4v) is 4.68. The standard InChI is InChI=1S/C27H32Cl2N2O4/c1-27(2,35-3)16-14-22-24(23(32)13-8-18-4-9-20(10-5-18)25(33)34)31(26(29)30-22)17-15-19-6-11-21(28)12-7-19/h6-7,11-12,18,20H,4-5,8-10,13,15,17H2,1-3H3,(H,33,34). The summed E-state index contributed by atoms with van der Waals surface area (Å²) in [6.07, 6.45) is 4.70. The smallest absolute Gasteiger partial charge is 0.306 e. The largest absolute Gasteiger partial charge is 0.481 e. The fraction of sp³-hybridized carbons (Fsp3) is 0.519. The molecule has 35 heavy (non-hydrogen) atoms. The van der Waals surface area contributed by atoms with Crippen LogP contribution in [0.5, 0.6) is 0 Å². The van der Waals surface area contributed by atoms with Crippen molar-refractivity contribution >= 4 is 35.0 Å². The van der Waals surface area contributed by atoms with Crippen molar-refractivity contribution in [1.29, 1.82) is 0 Å². The summed E-state index contributed by atoms with van der Waals surface area (Å²) in [6, 6.07) is 7.57. The average molecular weight is 519 g/mol. The molecule has 0 amide bonds. The Kier molecular flexibility index (Phi) is 9.40. The molecule has 3 rings (SSSR count). The van der Waals surface area contributed by atoms with Gasteiger partial charge in [-0.25, -0.2) is 4.98 Å². The van der Waals surface area contributed by atoms with Crippen molar-refractivity contribution < 1.29 is 19.4 Å². The number of benzene rings is 1. The quantitative estimate of drug-likeness (QED) is 0.322. The van der Waals surface area contributed by atoms with Gasteiger partial charge in [0.1, 0.15) is 17.0 Å². The molecule has 1 saturated carbocycles. The monoisotopic (exact) mass is 518 g/mol. The van der Waals surface area contributed by atoms with E-state index >= 15 is 0 Å². The van der Waals surface area contributed by atoms with Crippen LogP contribution in [-0.2, 0) is 22.5 Å². The van der Waals surface area contributed by atoms with Gasteiger partial charge in [0.15, 0.2) is 5.78 Å². The van der Waals surface area contributed by atoms with E-state index in [-0.39, 0.29) is 17.0 Å². The number of rotatable bonds is 9. The van der Waals surface area contributed by atoms with Gasteiger partial charge in [0, 0.05) is 25.1 Å². The van der Waals surface area contributed by atoms with Gasteiger partial charge < -0.3 is 14.4 Å². The van der Waals surface area contributed by atoms with Gasteiger partial charge in [-0.2, -0.15) is 0 Å². The highest BCUT2D eigenvalue weighted by Crippen LogP contribution is 2.32. The zero-order chi connectivity index (χ0) is 25.6. The van der Waals surface area contributed by atoms with Crippen molar-refractivity contribution in [2.75, 3.05) is 7.11 Å². The minimum atomic E-state index is -0.721. The highest BCUT2D eigenvalue weighted by molar-refractivity contribution is 6.30. The first-order valence-corrected chi connectivity index (χ1v) is 12.7. The van der Waals surface area contributed by atoms with Gasteiger partial charge >= 0.3 is 5.97 Å². The first-order valence-electron chi connectivity index (χ1n) is 11.9. The minimum absolute atomic E-state index is 0.0552. The SMILES string of the molecule is COC(C)(C)C#Cc1nc(Cl)n(CCc2ccc(Cl)cc2)c1C(=O)CCC1CCC(C(=O)O)CC1. The third kappa shape index (κ3) is 7.57. The average Bonchev–Trinajstić information content (AvgIpc) is 3.16. The van der Waals surface area contributed by atoms with Crippen LogP contribution in [0.25, 0.3) is 0 Å². The Labute approximate surface area is 217 Å². The lowest BCUT2D eigenvalue weighted by atomic mass is 9.79. The summed E-state index contributed by atoms with van der Waals surface area (Å²) in [5.74, 6) is 5.35. The van der Waals surface area contributed by atoms with E-state index in [4.69, 9.17) is 27.9 Å². The van der Waals surface area contributed by atoms with Gasteiger partial charge in [0.2, 0.25) is 5.28 Å². The molecule has 0 saturated heterocycles. The second-order valence-corrected chi connectivity index (χ2v) is 10.4. The van der Waals surface area contributed by atoms with Gasteiger partial charge in [0.05, 0.1) is 5.92 Å². The number of aliphatic carboxylic acids is 1. The first kappa shape index (κ1) is 27.3. The molecule has 1 aromatic carbocycles. The Morgan fingerprint density at radius 1 is 1.17 bits per heavy atom. The van der Waals surface area contributed by atoms with E-state index in [1.165, 1.54) is 0 Å². The summed E-state index contributed by atoms with van der Waals surface area (Å²) < 4.78 is 7.13. The summed E-state index contributed by atoms with van der Waals surface area (Å²) in [7, 11) is 1.58. The van der Waals surface area contributed by atoms with Crippen LogP contribution >= 0.6 is 23.2 Å². The minimum Gasteiger partial charge on any atom is -0.481 e. The van der Waals surface area contributed by atoms with Crippen molar-refractivity contribution in [3.05, 3.63) is 51.5 Å². The number of nitrogens with zero attached hydrogens (tertiary/aromatic N) is 2. The van der Waals surface area contributed by atoms with Crippen molar-refractivity contribution in [3.8, 4) is 11.8 Å². The van der Waals surface area contributed by atoms with Crippen molar-refractivity contribution in [3.63, 3.8) is 0 Å². The second-order valence-electron chi connectivity index (χ2n) is 9.59. The van der Waals surface area contributed by atoms with Crippen molar-refractivity contribution in [2.24, 2.45) is 11.8 Å².